The van der Waals surface area contributed by atoms with Gasteiger partial charge in [-0.3, -0.25) is 14.2 Å². The Balaban J connectivity index is 1.63. The summed E-state index contributed by atoms with van der Waals surface area (Å²) in [6, 6.07) is 10.8. The van der Waals surface area contributed by atoms with Gasteiger partial charge in [0.2, 0.25) is 0 Å². The molecule has 1 N–H and O–H groups in total. The van der Waals surface area contributed by atoms with Crippen molar-refractivity contribution in [3.05, 3.63) is 65.1 Å². The fraction of sp³-hybridized carbons (Fsp3) is 0.125. The number of anilines is 1. The minimum Gasteiger partial charge on any atom is -0.305 e. The third-order valence-corrected chi connectivity index (χ3v) is 3.47. The second kappa shape index (κ2) is 6.98. The van der Waals surface area contributed by atoms with Gasteiger partial charge in [-0.2, -0.15) is 15.5 Å². The second-order valence-corrected chi connectivity index (χ2v) is 5.50. The van der Waals surface area contributed by atoms with Crippen LogP contribution in [0.1, 0.15) is 15.9 Å². The Bertz CT molecular complexity index is 890. The van der Waals surface area contributed by atoms with Crippen molar-refractivity contribution >= 4 is 23.3 Å². The predicted molar refractivity (Wildman–Crippen MR) is 88.6 cm³/mol. The maximum absolute atomic E-state index is 12.2. The molecular weight excluding hydrogens is 328 g/mol. The van der Waals surface area contributed by atoms with Crippen LogP contribution < -0.4 is 5.32 Å². The van der Waals surface area contributed by atoms with Crippen molar-refractivity contribution in [2.45, 2.75) is 13.1 Å². The summed E-state index contributed by atoms with van der Waals surface area (Å²) < 4.78 is 3.17. The van der Waals surface area contributed by atoms with Crippen LogP contribution in [0.5, 0.6) is 0 Å². The first-order valence-electron chi connectivity index (χ1n) is 7.13. The van der Waals surface area contributed by atoms with E-state index in [1.807, 2.05) is 18.2 Å². The van der Waals surface area contributed by atoms with E-state index in [1.54, 1.807) is 41.5 Å². The molecule has 0 saturated heterocycles. The van der Waals surface area contributed by atoms with E-state index in [0.29, 0.717) is 22.9 Å². The Kier molecular flexibility index (Phi) is 4.59. The minimum absolute atomic E-state index is 0.141. The van der Waals surface area contributed by atoms with Crippen LogP contribution in [0.25, 0.3) is 0 Å². The summed E-state index contributed by atoms with van der Waals surface area (Å²) in [6.45, 7) is 0.717. The van der Waals surface area contributed by atoms with E-state index in [-0.39, 0.29) is 12.5 Å². The first-order valence-corrected chi connectivity index (χ1v) is 7.50. The standard InChI is InChI=1S/C16H13ClN6O/c17-14-9-19-23(11-14)10-12-1-3-13(4-2-12)16(24)20-15-5-7-22(21-15)8-6-18/h1-5,7,9,11H,8,10H2,(H,20,21,24). The molecular formula is C16H13ClN6O. The lowest BCUT2D eigenvalue weighted by Crippen LogP contribution is -2.13. The molecule has 0 saturated carbocycles. The van der Waals surface area contributed by atoms with E-state index in [1.165, 1.54) is 4.68 Å². The van der Waals surface area contributed by atoms with Crippen molar-refractivity contribution < 1.29 is 4.79 Å². The van der Waals surface area contributed by atoms with E-state index < -0.39 is 0 Å². The molecule has 0 fully saturated rings. The normalized spacial score (nSPS) is 10.3. The van der Waals surface area contributed by atoms with Crippen LogP contribution in [0.4, 0.5) is 5.82 Å². The molecule has 8 heteroatoms. The summed E-state index contributed by atoms with van der Waals surface area (Å²) in [5.41, 5.74) is 1.52. The first kappa shape index (κ1) is 15.8. The second-order valence-electron chi connectivity index (χ2n) is 5.06. The van der Waals surface area contributed by atoms with E-state index in [4.69, 9.17) is 16.9 Å². The lowest BCUT2D eigenvalue weighted by atomic mass is 10.1. The number of amides is 1. The SMILES string of the molecule is N#CCn1ccc(NC(=O)c2ccc(Cn3cc(Cl)cn3)cc2)n1. The molecule has 0 bridgehead atoms. The molecule has 3 rings (SSSR count). The number of nitriles is 1. The molecule has 2 aromatic heterocycles. The number of carbonyl (C=O) groups excluding carboxylic acids is 1. The monoisotopic (exact) mass is 340 g/mol. The molecule has 1 aromatic carbocycles. The van der Waals surface area contributed by atoms with Crippen molar-refractivity contribution in [3.63, 3.8) is 0 Å². The van der Waals surface area contributed by atoms with Gasteiger partial charge in [0, 0.05) is 24.0 Å². The van der Waals surface area contributed by atoms with Crippen molar-refractivity contribution in [1.29, 1.82) is 5.26 Å². The number of halogens is 1. The number of aromatic nitrogens is 4. The van der Waals surface area contributed by atoms with Gasteiger partial charge in [-0.15, -0.1) is 0 Å². The van der Waals surface area contributed by atoms with Gasteiger partial charge in [-0.25, -0.2) is 0 Å². The van der Waals surface area contributed by atoms with Gasteiger partial charge in [0.1, 0.15) is 6.54 Å². The van der Waals surface area contributed by atoms with Gasteiger partial charge < -0.3 is 5.32 Å². The maximum atomic E-state index is 12.2. The van der Waals surface area contributed by atoms with Gasteiger partial charge in [0.15, 0.2) is 5.82 Å². The summed E-state index contributed by atoms with van der Waals surface area (Å²) in [5, 5.41) is 20.1. The molecule has 0 unspecified atom stereocenters. The fourth-order valence-electron chi connectivity index (χ4n) is 2.15. The molecule has 120 valence electrons. The smallest absolute Gasteiger partial charge is 0.256 e. The van der Waals surface area contributed by atoms with E-state index in [9.17, 15) is 4.79 Å². The van der Waals surface area contributed by atoms with Crippen LogP contribution in [-0.4, -0.2) is 25.5 Å². The Labute approximate surface area is 143 Å². The number of hydrogen-bond donors (Lipinski definition) is 1. The topological polar surface area (TPSA) is 88.5 Å². The van der Waals surface area contributed by atoms with Crippen LogP contribution in [0.2, 0.25) is 5.02 Å². The van der Waals surface area contributed by atoms with Gasteiger partial charge in [-0.05, 0) is 17.7 Å². The molecule has 7 nitrogen and oxygen atoms in total. The average molecular weight is 341 g/mol. The van der Waals surface area contributed by atoms with Gasteiger partial charge in [0.25, 0.3) is 5.91 Å². The molecule has 0 aliphatic rings. The van der Waals surface area contributed by atoms with Crippen molar-refractivity contribution in [2.24, 2.45) is 0 Å². The van der Waals surface area contributed by atoms with E-state index in [0.717, 1.165) is 5.56 Å². The van der Waals surface area contributed by atoms with Crippen LogP contribution >= 0.6 is 11.6 Å². The highest BCUT2D eigenvalue weighted by Crippen LogP contribution is 2.11. The summed E-state index contributed by atoms with van der Waals surface area (Å²) in [6.07, 6.45) is 4.95. The molecule has 0 atom stereocenters. The Morgan fingerprint density at radius 1 is 1.25 bits per heavy atom. The molecule has 1 amide bonds. The molecule has 3 aromatic rings. The Morgan fingerprint density at radius 3 is 2.71 bits per heavy atom. The molecule has 0 radical (unpaired) electrons. The van der Waals surface area contributed by atoms with Crippen molar-refractivity contribution in [3.8, 4) is 6.07 Å². The molecule has 0 aliphatic carbocycles. The van der Waals surface area contributed by atoms with E-state index >= 15 is 0 Å². The first-order chi connectivity index (χ1) is 11.6. The summed E-state index contributed by atoms with van der Waals surface area (Å²) in [5.74, 6) is 0.149. The molecule has 0 aliphatic heterocycles. The molecule has 24 heavy (non-hydrogen) atoms. The highest BCUT2D eigenvalue weighted by Gasteiger charge is 2.08. The third-order valence-electron chi connectivity index (χ3n) is 3.28. The Hall–Kier alpha value is -3.11. The predicted octanol–water partition coefficient (Wildman–Crippen LogP) is 2.56. The molecule has 2 heterocycles. The zero-order chi connectivity index (χ0) is 16.9. The van der Waals surface area contributed by atoms with Crippen molar-refractivity contribution in [1.82, 2.24) is 19.6 Å². The fourth-order valence-corrected chi connectivity index (χ4v) is 2.31. The van der Waals surface area contributed by atoms with Crippen LogP contribution in [0.3, 0.4) is 0 Å². The number of hydrogen-bond acceptors (Lipinski definition) is 4. The molecule has 0 spiro atoms. The quantitative estimate of drug-likeness (QED) is 0.773. The highest BCUT2D eigenvalue weighted by molar-refractivity contribution is 6.30. The third kappa shape index (κ3) is 3.80. The minimum atomic E-state index is -0.258. The number of benzene rings is 1. The zero-order valence-corrected chi connectivity index (χ0v) is 13.3. The number of carbonyl (C=O) groups is 1. The van der Waals surface area contributed by atoms with Crippen molar-refractivity contribution in [2.75, 3.05) is 5.32 Å². The lowest BCUT2D eigenvalue weighted by Gasteiger charge is -2.05. The number of rotatable bonds is 5. The summed E-state index contributed by atoms with van der Waals surface area (Å²) in [4.78, 5) is 12.2. The highest BCUT2D eigenvalue weighted by atomic mass is 35.5. The van der Waals surface area contributed by atoms with E-state index in [2.05, 4.69) is 15.5 Å². The summed E-state index contributed by atoms with van der Waals surface area (Å²) >= 11 is 5.83. The van der Waals surface area contributed by atoms with Crippen LogP contribution in [-0.2, 0) is 13.1 Å². The zero-order valence-electron chi connectivity index (χ0n) is 12.6. The van der Waals surface area contributed by atoms with Gasteiger partial charge in [0.05, 0.1) is 23.8 Å². The average Bonchev–Trinajstić information content (AvgIpc) is 3.17. The Morgan fingerprint density at radius 2 is 2.04 bits per heavy atom. The van der Waals surface area contributed by atoms with Gasteiger partial charge >= 0.3 is 0 Å². The number of nitrogens with one attached hydrogen (secondary N) is 1. The largest absolute Gasteiger partial charge is 0.305 e. The van der Waals surface area contributed by atoms with Crippen LogP contribution in [0, 0.1) is 11.3 Å². The maximum Gasteiger partial charge on any atom is 0.256 e. The number of nitrogens with zero attached hydrogens (tertiary/aromatic N) is 5. The van der Waals surface area contributed by atoms with Crippen LogP contribution in [0.15, 0.2) is 48.9 Å². The lowest BCUT2D eigenvalue weighted by molar-refractivity contribution is 0.102. The summed E-state index contributed by atoms with van der Waals surface area (Å²) in [7, 11) is 0. The van der Waals surface area contributed by atoms with Gasteiger partial charge in [-0.1, -0.05) is 23.7 Å².